The van der Waals surface area contributed by atoms with Gasteiger partial charge in [0.15, 0.2) is 0 Å². The molecule has 0 radical (unpaired) electrons. The zero-order chi connectivity index (χ0) is 22.7. The summed E-state index contributed by atoms with van der Waals surface area (Å²) in [4.78, 5) is 13.3. The molecule has 4 heterocycles. The summed E-state index contributed by atoms with van der Waals surface area (Å²) in [5.41, 5.74) is 3.07. The first-order chi connectivity index (χ1) is 15.9. The molecule has 6 rings (SSSR count). The van der Waals surface area contributed by atoms with Crippen LogP contribution in [-0.4, -0.2) is 52.2 Å². The maximum Gasteiger partial charge on any atom is 0.431 e. The molecule has 33 heavy (non-hydrogen) atoms. The number of hydrogen-bond donors (Lipinski definition) is 2. The highest BCUT2D eigenvalue weighted by atomic mass is 19.4. The minimum absolute atomic E-state index is 0.0727. The van der Waals surface area contributed by atoms with E-state index in [4.69, 9.17) is 4.74 Å². The van der Waals surface area contributed by atoms with Gasteiger partial charge in [0.05, 0.1) is 24.6 Å². The van der Waals surface area contributed by atoms with E-state index in [1.165, 1.54) is 23.0 Å². The van der Waals surface area contributed by atoms with Crippen LogP contribution in [0.2, 0.25) is 0 Å². The minimum atomic E-state index is -4.47. The average molecular weight is 458 g/mol. The molecule has 0 bridgehead atoms. The Bertz CT molecular complexity index is 1180. The van der Waals surface area contributed by atoms with Gasteiger partial charge in [-0.3, -0.25) is 4.90 Å². The molecule has 4 atom stereocenters. The number of alkyl halides is 3. The van der Waals surface area contributed by atoms with E-state index < -0.39 is 11.9 Å². The summed E-state index contributed by atoms with van der Waals surface area (Å²) in [6, 6.07) is 7.75. The number of rotatable bonds is 3. The van der Waals surface area contributed by atoms with Crippen molar-refractivity contribution in [1.82, 2.24) is 19.9 Å². The molecule has 3 aromatic rings. The van der Waals surface area contributed by atoms with E-state index in [9.17, 15) is 13.2 Å². The van der Waals surface area contributed by atoms with Gasteiger partial charge in [-0.2, -0.15) is 13.2 Å². The van der Waals surface area contributed by atoms with Crippen molar-refractivity contribution in [1.29, 1.82) is 0 Å². The van der Waals surface area contributed by atoms with E-state index in [0.29, 0.717) is 23.0 Å². The number of fused-ring (bicyclic) bond motifs is 3. The van der Waals surface area contributed by atoms with Crippen LogP contribution in [0.5, 0.6) is 0 Å². The van der Waals surface area contributed by atoms with Crippen molar-refractivity contribution >= 4 is 16.9 Å². The van der Waals surface area contributed by atoms with Crippen LogP contribution in [0.15, 0.2) is 30.6 Å². The smallest absolute Gasteiger partial charge is 0.381 e. The summed E-state index contributed by atoms with van der Waals surface area (Å²) in [6.07, 6.45) is -1.18. The number of aromatic nitrogens is 3. The quantitative estimate of drug-likeness (QED) is 0.613. The summed E-state index contributed by atoms with van der Waals surface area (Å²) < 4.78 is 45.6. The zero-order valence-electron chi connectivity index (χ0n) is 18.3. The van der Waals surface area contributed by atoms with Gasteiger partial charge in [0, 0.05) is 31.0 Å². The van der Waals surface area contributed by atoms with Crippen LogP contribution in [0.3, 0.4) is 0 Å². The van der Waals surface area contributed by atoms with E-state index in [-0.39, 0.29) is 17.7 Å². The van der Waals surface area contributed by atoms with Crippen LogP contribution >= 0.6 is 0 Å². The second kappa shape index (κ2) is 7.70. The molecule has 9 heteroatoms. The van der Waals surface area contributed by atoms with E-state index in [0.717, 1.165) is 45.2 Å². The summed E-state index contributed by atoms with van der Waals surface area (Å²) >= 11 is 0. The van der Waals surface area contributed by atoms with Crippen molar-refractivity contribution in [2.24, 2.45) is 11.8 Å². The number of aromatic amines is 1. The minimum Gasteiger partial charge on any atom is -0.381 e. The molecule has 0 unspecified atom stereocenters. The Morgan fingerprint density at radius 1 is 1.12 bits per heavy atom. The molecule has 0 amide bonds. The first kappa shape index (κ1) is 20.9. The van der Waals surface area contributed by atoms with Crippen LogP contribution in [0.1, 0.15) is 34.8 Å². The zero-order valence-corrected chi connectivity index (χ0v) is 18.3. The van der Waals surface area contributed by atoms with Crippen molar-refractivity contribution < 1.29 is 17.9 Å². The van der Waals surface area contributed by atoms with E-state index in [2.05, 4.69) is 50.3 Å². The van der Waals surface area contributed by atoms with Gasteiger partial charge in [0.1, 0.15) is 23.5 Å². The fourth-order valence-electron chi connectivity index (χ4n) is 5.85. The number of nitrogens with zero attached hydrogens (tertiary/aromatic N) is 3. The molecule has 0 spiro atoms. The molecule has 2 fully saturated rings. The van der Waals surface area contributed by atoms with E-state index in [1.54, 1.807) is 0 Å². The maximum absolute atomic E-state index is 13.3. The van der Waals surface area contributed by atoms with Gasteiger partial charge < -0.3 is 15.0 Å². The topological polar surface area (TPSA) is 66.1 Å². The largest absolute Gasteiger partial charge is 0.431 e. The number of aryl methyl sites for hydroxylation is 2. The number of likely N-dealkylation sites (tertiary alicyclic amines) is 1. The SMILES string of the molecule is Cc1ccc2c(c1)CC[C@H](N1C[C@H]3COC[C@H]3C1)[C@H]2Nc1ncnc2[nH]c(C(F)(F)F)cc12. The third-order valence-corrected chi connectivity index (χ3v) is 7.49. The van der Waals surface area contributed by atoms with Crippen LogP contribution in [0, 0.1) is 18.8 Å². The van der Waals surface area contributed by atoms with Crippen molar-refractivity contribution in [3.8, 4) is 0 Å². The number of halogens is 3. The number of nitrogens with one attached hydrogen (secondary N) is 2. The molecule has 0 saturated carbocycles. The molecule has 1 aliphatic carbocycles. The highest BCUT2D eigenvalue weighted by molar-refractivity contribution is 5.88. The Balaban J connectivity index is 1.38. The summed E-state index contributed by atoms with van der Waals surface area (Å²) in [7, 11) is 0. The monoisotopic (exact) mass is 457 g/mol. The Labute approximate surface area is 189 Å². The van der Waals surface area contributed by atoms with Crippen LogP contribution in [-0.2, 0) is 17.3 Å². The molecular formula is C24H26F3N5O. The van der Waals surface area contributed by atoms with Crippen molar-refractivity contribution in [3.05, 3.63) is 53.0 Å². The maximum atomic E-state index is 13.3. The van der Waals surface area contributed by atoms with E-state index >= 15 is 0 Å². The average Bonchev–Trinajstić information content (AvgIpc) is 3.48. The van der Waals surface area contributed by atoms with Gasteiger partial charge in [0.25, 0.3) is 0 Å². The summed E-state index contributed by atoms with van der Waals surface area (Å²) in [6.45, 7) is 5.71. The van der Waals surface area contributed by atoms with Crippen LogP contribution in [0.25, 0.3) is 11.0 Å². The number of benzene rings is 1. The second-order valence-corrected chi connectivity index (χ2v) is 9.61. The van der Waals surface area contributed by atoms with Crippen molar-refractivity contribution in [3.63, 3.8) is 0 Å². The summed E-state index contributed by atoms with van der Waals surface area (Å²) in [5, 5.41) is 3.90. The number of hydrogen-bond acceptors (Lipinski definition) is 5. The Hall–Kier alpha value is -2.65. The van der Waals surface area contributed by atoms with Gasteiger partial charge >= 0.3 is 6.18 Å². The molecule has 2 N–H and O–H groups in total. The lowest BCUT2D eigenvalue weighted by atomic mass is 9.82. The highest BCUT2D eigenvalue weighted by Crippen LogP contribution is 2.41. The first-order valence-corrected chi connectivity index (χ1v) is 11.5. The third-order valence-electron chi connectivity index (χ3n) is 7.49. The van der Waals surface area contributed by atoms with Crippen molar-refractivity contribution in [2.45, 2.75) is 38.0 Å². The van der Waals surface area contributed by atoms with Crippen molar-refractivity contribution in [2.75, 3.05) is 31.6 Å². The van der Waals surface area contributed by atoms with Gasteiger partial charge in [-0.25, -0.2) is 9.97 Å². The fourth-order valence-corrected chi connectivity index (χ4v) is 5.85. The van der Waals surface area contributed by atoms with E-state index in [1.807, 2.05) is 0 Å². The molecule has 6 nitrogen and oxygen atoms in total. The van der Waals surface area contributed by atoms with Gasteiger partial charge in [-0.15, -0.1) is 0 Å². The Kier molecular flexibility index (Phi) is 4.88. The van der Waals surface area contributed by atoms with Crippen LogP contribution < -0.4 is 5.32 Å². The highest BCUT2D eigenvalue weighted by Gasteiger charge is 2.43. The lowest BCUT2D eigenvalue weighted by Crippen LogP contribution is -2.44. The standard InChI is InChI=1S/C24H26F3N5O/c1-13-2-4-17-14(6-13)3-5-19(32-8-15-10-33-11-16(15)9-32)21(17)31-23-18-7-20(24(25,26)27)30-22(18)28-12-29-23/h2,4,6-7,12,15-16,19,21H,3,5,8-11H2,1H3,(H2,28,29,30,31)/t15-,16+,19-,21-/m0/s1. The Morgan fingerprint density at radius 3 is 2.67 bits per heavy atom. The molecule has 2 saturated heterocycles. The predicted octanol–water partition coefficient (Wildman–Crippen LogP) is 4.33. The first-order valence-electron chi connectivity index (χ1n) is 11.5. The third kappa shape index (κ3) is 3.67. The van der Waals surface area contributed by atoms with Gasteiger partial charge in [0.2, 0.25) is 0 Å². The Morgan fingerprint density at radius 2 is 1.91 bits per heavy atom. The lowest BCUT2D eigenvalue weighted by Gasteiger charge is -2.40. The fraction of sp³-hybridized carbons (Fsp3) is 0.500. The molecular weight excluding hydrogens is 431 g/mol. The molecule has 3 aliphatic rings. The molecule has 2 aliphatic heterocycles. The number of H-pyrrole nitrogens is 1. The number of ether oxygens (including phenoxy) is 1. The molecule has 174 valence electrons. The molecule has 1 aromatic carbocycles. The van der Waals surface area contributed by atoms with Crippen LogP contribution in [0.4, 0.5) is 19.0 Å². The normalized spacial score (nSPS) is 27.6. The molecule has 2 aromatic heterocycles. The second-order valence-electron chi connectivity index (χ2n) is 9.61. The number of anilines is 1. The van der Waals surface area contributed by atoms with Gasteiger partial charge in [-0.1, -0.05) is 23.8 Å². The van der Waals surface area contributed by atoms with Gasteiger partial charge in [-0.05, 0) is 37.0 Å². The predicted molar refractivity (Wildman–Crippen MR) is 118 cm³/mol. The summed E-state index contributed by atoms with van der Waals surface area (Å²) in [5.74, 6) is 1.56. The lowest BCUT2D eigenvalue weighted by molar-refractivity contribution is -0.140.